The van der Waals surface area contributed by atoms with Crippen molar-refractivity contribution in [3.8, 4) is 0 Å². The van der Waals surface area contributed by atoms with Gasteiger partial charge < -0.3 is 5.11 Å². The minimum Gasteiger partial charge on any atom is -0.478 e. The van der Waals surface area contributed by atoms with Crippen LogP contribution in [0, 0.1) is 5.82 Å². The summed E-state index contributed by atoms with van der Waals surface area (Å²) in [6, 6.07) is 3.55. The van der Waals surface area contributed by atoms with E-state index in [9.17, 15) is 17.6 Å². The summed E-state index contributed by atoms with van der Waals surface area (Å²) in [6.07, 6.45) is 3.67. The Balaban J connectivity index is 2.34. The summed E-state index contributed by atoms with van der Waals surface area (Å²) in [5, 5.41) is 8.52. The molecule has 7 heteroatoms. The number of carboxylic acids is 1. The maximum Gasteiger partial charge on any atom is 0.328 e. The second-order valence-corrected chi connectivity index (χ2v) is 6.66. The van der Waals surface area contributed by atoms with Crippen molar-refractivity contribution in [3.63, 3.8) is 0 Å². The number of carbonyl (C=O) groups is 1. The van der Waals surface area contributed by atoms with E-state index >= 15 is 0 Å². The largest absolute Gasteiger partial charge is 0.478 e. The smallest absolute Gasteiger partial charge is 0.328 e. The lowest BCUT2D eigenvalue weighted by atomic mass is 10.2. The topological polar surface area (TPSA) is 74.7 Å². The summed E-state index contributed by atoms with van der Waals surface area (Å²) in [4.78, 5) is 10.0. The molecule has 1 aliphatic rings. The molecule has 1 aromatic rings. The Morgan fingerprint density at radius 3 is 2.62 bits per heavy atom. The fourth-order valence-electron chi connectivity index (χ4n) is 2.11. The van der Waals surface area contributed by atoms with Crippen molar-refractivity contribution >= 4 is 22.1 Å². The third kappa shape index (κ3) is 3.48. The highest BCUT2D eigenvalue weighted by molar-refractivity contribution is 7.89. The predicted molar refractivity (Wildman–Crippen MR) is 75.7 cm³/mol. The predicted octanol–water partition coefficient (Wildman–Crippen LogP) is 2.10. The Morgan fingerprint density at radius 1 is 1.48 bits per heavy atom. The van der Waals surface area contributed by atoms with Gasteiger partial charge in [-0.25, -0.2) is 17.6 Å². The van der Waals surface area contributed by atoms with Crippen LogP contribution in [0.25, 0.3) is 6.08 Å². The molecule has 0 aromatic heterocycles. The van der Waals surface area contributed by atoms with E-state index < -0.39 is 21.8 Å². The summed E-state index contributed by atoms with van der Waals surface area (Å²) < 4.78 is 40.2. The summed E-state index contributed by atoms with van der Waals surface area (Å²) in [5.74, 6) is -2.03. The molecule has 0 unspecified atom stereocenters. The van der Waals surface area contributed by atoms with Crippen molar-refractivity contribution in [2.24, 2.45) is 0 Å². The first-order valence-corrected chi connectivity index (χ1v) is 8.02. The number of rotatable bonds is 6. The molecule has 1 saturated carbocycles. The van der Waals surface area contributed by atoms with Crippen LogP contribution in [0.4, 0.5) is 4.39 Å². The quantitative estimate of drug-likeness (QED) is 0.816. The molecule has 21 heavy (non-hydrogen) atoms. The fourth-order valence-corrected chi connectivity index (χ4v) is 3.85. The van der Waals surface area contributed by atoms with Crippen LogP contribution < -0.4 is 0 Å². The number of nitrogens with zero attached hydrogens (tertiary/aromatic N) is 1. The highest BCUT2D eigenvalue weighted by Crippen LogP contribution is 2.32. The van der Waals surface area contributed by atoms with Crippen molar-refractivity contribution in [2.45, 2.75) is 30.7 Å². The van der Waals surface area contributed by atoms with E-state index in [1.165, 1.54) is 22.5 Å². The van der Waals surface area contributed by atoms with Crippen molar-refractivity contribution < 1.29 is 22.7 Å². The van der Waals surface area contributed by atoms with Gasteiger partial charge in [0.1, 0.15) is 10.7 Å². The molecule has 1 aliphatic carbocycles. The van der Waals surface area contributed by atoms with Gasteiger partial charge in [0.15, 0.2) is 0 Å². The molecule has 0 heterocycles. The first-order chi connectivity index (χ1) is 9.86. The average Bonchev–Trinajstić information content (AvgIpc) is 3.21. The molecular weight excluding hydrogens is 297 g/mol. The van der Waals surface area contributed by atoms with Crippen LogP contribution in [0.2, 0.25) is 0 Å². The standard InChI is InChI=1S/C14H16FNO4S/c1-2-16(11-5-6-11)21(19,20)13-7-3-10(9-12(13)15)4-8-14(17)18/h3-4,7-9,11H,2,5-6H2,1H3,(H,17,18)/b8-4+. The van der Waals surface area contributed by atoms with Crippen molar-refractivity contribution in [3.05, 3.63) is 35.7 Å². The molecule has 0 bridgehead atoms. The highest BCUT2D eigenvalue weighted by atomic mass is 32.2. The maximum atomic E-state index is 14.1. The number of benzene rings is 1. The molecule has 0 saturated heterocycles. The third-order valence-electron chi connectivity index (χ3n) is 3.23. The van der Waals surface area contributed by atoms with Gasteiger partial charge in [-0.2, -0.15) is 4.31 Å². The average molecular weight is 313 g/mol. The normalized spacial score (nSPS) is 15.8. The first kappa shape index (κ1) is 15.7. The van der Waals surface area contributed by atoms with Gasteiger partial charge in [0.2, 0.25) is 10.0 Å². The minimum atomic E-state index is -3.85. The van der Waals surface area contributed by atoms with Crippen LogP contribution in [-0.2, 0) is 14.8 Å². The Labute approximate surface area is 122 Å². The van der Waals surface area contributed by atoms with E-state index in [1.807, 2.05) is 0 Å². The Morgan fingerprint density at radius 2 is 2.14 bits per heavy atom. The SMILES string of the molecule is CCN(C1CC1)S(=O)(=O)c1ccc(/C=C/C(=O)O)cc1F. The summed E-state index contributed by atoms with van der Waals surface area (Å²) in [5.41, 5.74) is 0.295. The minimum absolute atomic E-state index is 0.0361. The molecule has 1 fully saturated rings. The zero-order chi connectivity index (χ0) is 15.6. The van der Waals surface area contributed by atoms with Crippen molar-refractivity contribution in [1.82, 2.24) is 4.31 Å². The number of hydrogen-bond donors (Lipinski definition) is 1. The van der Waals surface area contributed by atoms with Gasteiger partial charge in [-0.15, -0.1) is 0 Å². The Bertz CT molecular complexity index is 680. The van der Waals surface area contributed by atoms with Crippen LogP contribution >= 0.6 is 0 Å². The summed E-state index contributed by atoms with van der Waals surface area (Å²) in [7, 11) is -3.85. The molecule has 2 rings (SSSR count). The van der Waals surface area contributed by atoms with Crippen molar-refractivity contribution in [2.75, 3.05) is 6.54 Å². The van der Waals surface area contributed by atoms with Crippen molar-refractivity contribution in [1.29, 1.82) is 0 Å². The monoisotopic (exact) mass is 313 g/mol. The van der Waals surface area contributed by atoms with E-state index in [2.05, 4.69) is 0 Å². The van der Waals surface area contributed by atoms with Crippen LogP contribution in [0.1, 0.15) is 25.3 Å². The van der Waals surface area contributed by atoms with E-state index in [0.29, 0.717) is 12.1 Å². The van der Waals surface area contributed by atoms with Gasteiger partial charge >= 0.3 is 5.97 Å². The maximum absolute atomic E-state index is 14.1. The lowest BCUT2D eigenvalue weighted by molar-refractivity contribution is -0.131. The Hall–Kier alpha value is -1.73. The number of sulfonamides is 1. The van der Waals surface area contributed by atoms with Gasteiger partial charge in [0.05, 0.1) is 0 Å². The number of carboxylic acid groups (broad SMARTS) is 1. The molecule has 0 atom stereocenters. The molecule has 0 spiro atoms. The third-order valence-corrected chi connectivity index (χ3v) is 5.29. The lowest BCUT2D eigenvalue weighted by Gasteiger charge is -2.20. The number of aliphatic carboxylic acids is 1. The van der Waals surface area contributed by atoms with Gasteiger partial charge in [0.25, 0.3) is 0 Å². The molecule has 0 amide bonds. The zero-order valence-corrected chi connectivity index (χ0v) is 12.3. The molecule has 1 aromatic carbocycles. The summed E-state index contributed by atoms with van der Waals surface area (Å²) >= 11 is 0. The molecule has 1 N–H and O–H groups in total. The molecule has 5 nitrogen and oxygen atoms in total. The van der Waals surface area contributed by atoms with E-state index in [0.717, 1.165) is 25.0 Å². The summed E-state index contributed by atoms with van der Waals surface area (Å²) in [6.45, 7) is 2.02. The second kappa shape index (κ2) is 5.95. The second-order valence-electron chi connectivity index (χ2n) is 4.80. The van der Waals surface area contributed by atoms with E-state index in [4.69, 9.17) is 5.11 Å². The lowest BCUT2D eigenvalue weighted by Crippen LogP contribution is -2.33. The van der Waals surface area contributed by atoms with Crippen LogP contribution in [-0.4, -0.2) is 36.4 Å². The van der Waals surface area contributed by atoms with E-state index in [-0.39, 0.29) is 10.9 Å². The van der Waals surface area contributed by atoms with Crippen LogP contribution in [0.5, 0.6) is 0 Å². The molecule has 0 radical (unpaired) electrons. The molecule has 0 aliphatic heterocycles. The van der Waals surface area contributed by atoms with Crippen LogP contribution in [0.3, 0.4) is 0 Å². The van der Waals surface area contributed by atoms with Gasteiger partial charge in [-0.3, -0.25) is 0 Å². The molecular formula is C14H16FNO4S. The van der Waals surface area contributed by atoms with Gasteiger partial charge in [0, 0.05) is 18.7 Å². The number of halogens is 1. The first-order valence-electron chi connectivity index (χ1n) is 6.58. The Kier molecular flexibility index (Phi) is 4.43. The number of hydrogen-bond acceptors (Lipinski definition) is 3. The highest BCUT2D eigenvalue weighted by Gasteiger charge is 2.38. The van der Waals surface area contributed by atoms with Gasteiger partial charge in [-0.1, -0.05) is 13.0 Å². The molecule has 114 valence electrons. The fraction of sp³-hybridized carbons (Fsp3) is 0.357. The van der Waals surface area contributed by atoms with Crippen LogP contribution in [0.15, 0.2) is 29.2 Å². The van der Waals surface area contributed by atoms with E-state index in [1.54, 1.807) is 6.92 Å². The zero-order valence-electron chi connectivity index (χ0n) is 11.5. The van der Waals surface area contributed by atoms with Gasteiger partial charge in [-0.05, 0) is 36.6 Å².